The van der Waals surface area contributed by atoms with Crippen molar-refractivity contribution in [3.8, 4) is 0 Å². The number of sulfonamides is 1. The number of halogens is 1. The van der Waals surface area contributed by atoms with Crippen LogP contribution >= 0.6 is 15.9 Å². The van der Waals surface area contributed by atoms with Crippen molar-refractivity contribution < 1.29 is 8.42 Å². The highest BCUT2D eigenvalue weighted by atomic mass is 79.9. The third-order valence-electron chi connectivity index (χ3n) is 1.74. The Hall–Kier alpha value is -0.590. The molecule has 0 fully saturated rings. The molecule has 0 aliphatic heterocycles. The van der Waals surface area contributed by atoms with Crippen LogP contribution in [0.25, 0.3) is 0 Å². The molecule has 2 N–H and O–H groups in total. The van der Waals surface area contributed by atoms with Gasteiger partial charge in [0.05, 0.1) is 4.90 Å². The summed E-state index contributed by atoms with van der Waals surface area (Å²) in [7, 11) is -0.255. The monoisotopic (exact) mass is 278 g/mol. The van der Waals surface area contributed by atoms with Gasteiger partial charge in [0.1, 0.15) is 0 Å². The van der Waals surface area contributed by atoms with Gasteiger partial charge in [0, 0.05) is 17.2 Å². The van der Waals surface area contributed by atoms with E-state index in [9.17, 15) is 8.42 Å². The zero-order chi connectivity index (χ0) is 10.8. The molecular formula is C8H11BrN2O2S. The van der Waals surface area contributed by atoms with Gasteiger partial charge in [-0.25, -0.2) is 13.1 Å². The Balaban J connectivity index is 3.29. The third-order valence-corrected chi connectivity index (χ3v) is 3.59. The van der Waals surface area contributed by atoms with Crippen LogP contribution in [0.15, 0.2) is 27.6 Å². The second-order valence-corrected chi connectivity index (χ2v) is 5.44. The number of anilines is 1. The molecule has 1 aromatic carbocycles. The van der Waals surface area contributed by atoms with Crippen LogP contribution in [0, 0.1) is 0 Å². The molecule has 1 rings (SSSR count). The van der Waals surface area contributed by atoms with Gasteiger partial charge in [-0.3, -0.25) is 0 Å². The molecule has 0 amide bonds. The molecule has 1 aromatic rings. The molecule has 78 valence electrons. The van der Waals surface area contributed by atoms with Crippen molar-refractivity contribution in [2.24, 2.45) is 0 Å². The van der Waals surface area contributed by atoms with Crippen molar-refractivity contribution in [3.63, 3.8) is 0 Å². The zero-order valence-corrected chi connectivity index (χ0v) is 10.2. The number of hydrogen-bond acceptors (Lipinski definition) is 3. The maximum absolute atomic E-state index is 11.5. The summed E-state index contributed by atoms with van der Waals surface area (Å²) in [5, 5.41) is 2.88. The van der Waals surface area contributed by atoms with Crippen LogP contribution in [-0.2, 0) is 10.0 Å². The third kappa shape index (κ3) is 2.46. The predicted molar refractivity (Wildman–Crippen MR) is 59.9 cm³/mol. The number of nitrogens with one attached hydrogen (secondary N) is 2. The molecule has 0 aromatic heterocycles. The van der Waals surface area contributed by atoms with Gasteiger partial charge in [0.2, 0.25) is 10.0 Å². The van der Waals surface area contributed by atoms with Crippen molar-refractivity contribution in [2.75, 3.05) is 19.4 Å². The normalized spacial score (nSPS) is 11.4. The van der Waals surface area contributed by atoms with Crippen LogP contribution in [0.5, 0.6) is 0 Å². The second-order valence-electron chi connectivity index (χ2n) is 2.63. The largest absolute Gasteiger partial charge is 0.388 e. The first-order valence-corrected chi connectivity index (χ1v) is 6.19. The van der Waals surface area contributed by atoms with E-state index in [0.29, 0.717) is 0 Å². The van der Waals surface area contributed by atoms with E-state index < -0.39 is 10.0 Å². The van der Waals surface area contributed by atoms with E-state index in [1.54, 1.807) is 25.2 Å². The minimum Gasteiger partial charge on any atom is -0.388 e. The summed E-state index contributed by atoms with van der Waals surface area (Å²) < 4.78 is 25.9. The highest BCUT2D eigenvalue weighted by Crippen LogP contribution is 2.22. The molecule has 0 aliphatic rings. The lowest BCUT2D eigenvalue weighted by molar-refractivity contribution is 0.588. The summed E-state index contributed by atoms with van der Waals surface area (Å²) in [6, 6.07) is 4.91. The quantitative estimate of drug-likeness (QED) is 0.879. The Morgan fingerprint density at radius 1 is 1.21 bits per heavy atom. The van der Waals surface area contributed by atoms with Gasteiger partial charge in [-0.1, -0.05) is 15.9 Å². The van der Waals surface area contributed by atoms with Crippen LogP contribution in [0.3, 0.4) is 0 Å². The molecule has 4 nitrogen and oxygen atoms in total. The zero-order valence-electron chi connectivity index (χ0n) is 7.83. The summed E-state index contributed by atoms with van der Waals surface area (Å²) >= 11 is 3.24. The van der Waals surface area contributed by atoms with E-state index in [2.05, 4.69) is 26.0 Å². The van der Waals surface area contributed by atoms with Gasteiger partial charge in [-0.15, -0.1) is 0 Å². The Morgan fingerprint density at radius 3 is 2.36 bits per heavy atom. The Bertz CT molecular complexity index is 431. The fourth-order valence-electron chi connectivity index (χ4n) is 0.980. The van der Waals surface area contributed by atoms with Crippen LogP contribution in [0.2, 0.25) is 0 Å². The lowest BCUT2D eigenvalue weighted by Crippen LogP contribution is -2.18. The first-order chi connectivity index (χ1) is 6.49. The first kappa shape index (κ1) is 11.5. The lowest BCUT2D eigenvalue weighted by Gasteiger charge is -2.06. The fraction of sp³-hybridized carbons (Fsp3) is 0.250. The summed E-state index contributed by atoms with van der Waals surface area (Å²) in [5.41, 5.74) is 0.744. The van der Waals surface area contributed by atoms with Gasteiger partial charge < -0.3 is 5.32 Å². The second kappa shape index (κ2) is 4.29. The van der Waals surface area contributed by atoms with Crippen molar-refractivity contribution in [1.82, 2.24) is 4.72 Å². The number of benzene rings is 1. The van der Waals surface area contributed by atoms with Crippen molar-refractivity contribution in [1.29, 1.82) is 0 Å². The molecule has 0 atom stereocenters. The molecule has 14 heavy (non-hydrogen) atoms. The first-order valence-electron chi connectivity index (χ1n) is 3.91. The van der Waals surface area contributed by atoms with Crippen LogP contribution < -0.4 is 10.0 Å². The Kier molecular flexibility index (Phi) is 3.52. The van der Waals surface area contributed by atoms with E-state index >= 15 is 0 Å². The average molecular weight is 279 g/mol. The van der Waals surface area contributed by atoms with Crippen LogP contribution in [-0.4, -0.2) is 22.5 Å². The van der Waals surface area contributed by atoms with Gasteiger partial charge in [0.25, 0.3) is 0 Å². The molecule has 0 bridgehead atoms. The van der Waals surface area contributed by atoms with Crippen LogP contribution in [0.4, 0.5) is 5.69 Å². The van der Waals surface area contributed by atoms with Crippen molar-refractivity contribution >= 4 is 31.6 Å². The molecule has 0 radical (unpaired) electrons. The number of hydrogen-bond donors (Lipinski definition) is 2. The Morgan fingerprint density at radius 2 is 1.86 bits per heavy atom. The summed E-state index contributed by atoms with van der Waals surface area (Å²) in [6.45, 7) is 0. The molecule has 0 heterocycles. The highest BCUT2D eigenvalue weighted by Gasteiger charge is 2.12. The molecular weight excluding hydrogens is 268 g/mol. The number of rotatable bonds is 3. The van der Waals surface area contributed by atoms with Crippen molar-refractivity contribution in [2.45, 2.75) is 4.90 Å². The van der Waals surface area contributed by atoms with E-state index in [1.165, 1.54) is 7.05 Å². The van der Waals surface area contributed by atoms with E-state index in [1.807, 2.05) is 0 Å². The van der Waals surface area contributed by atoms with Gasteiger partial charge in [-0.05, 0) is 25.2 Å². The Labute approximate surface area is 91.9 Å². The van der Waals surface area contributed by atoms with Crippen molar-refractivity contribution in [3.05, 3.63) is 22.7 Å². The smallest absolute Gasteiger partial charge is 0.240 e. The topological polar surface area (TPSA) is 58.2 Å². The molecule has 0 saturated heterocycles. The maximum Gasteiger partial charge on any atom is 0.240 e. The van der Waals surface area contributed by atoms with Gasteiger partial charge in [-0.2, -0.15) is 0 Å². The van der Waals surface area contributed by atoms with E-state index in [0.717, 1.165) is 10.2 Å². The van der Waals surface area contributed by atoms with Gasteiger partial charge in [0.15, 0.2) is 0 Å². The highest BCUT2D eigenvalue weighted by molar-refractivity contribution is 9.10. The summed E-state index contributed by atoms with van der Waals surface area (Å²) in [4.78, 5) is 0.235. The molecule has 6 heteroatoms. The standard InChI is InChI=1S/C8H11BrN2O2S/c1-10-7-3-6(9)4-8(5-7)14(12,13)11-2/h3-5,10-11H,1-2H3. The summed E-state index contributed by atoms with van der Waals surface area (Å²) in [5.74, 6) is 0. The maximum atomic E-state index is 11.5. The van der Waals surface area contributed by atoms with Crippen LogP contribution in [0.1, 0.15) is 0 Å². The molecule has 0 spiro atoms. The molecule has 0 aliphatic carbocycles. The lowest BCUT2D eigenvalue weighted by atomic mass is 10.3. The molecule has 0 unspecified atom stereocenters. The predicted octanol–water partition coefficient (Wildman–Crippen LogP) is 1.40. The SMILES string of the molecule is CNc1cc(Br)cc(S(=O)(=O)NC)c1. The molecule has 0 saturated carbocycles. The average Bonchev–Trinajstić information content (AvgIpc) is 2.16. The minimum atomic E-state index is -3.37. The van der Waals surface area contributed by atoms with Gasteiger partial charge >= 0.3 is 0 Å². The summed E-state index contributed by atoms with van der Waals surface area (Å²) in [6.07, 6.45) is 0. The minimum absolute atomic E-state index is 0.235. The fourth-order valence-corrected chi connectivity index (χ4v) is 2.42. The van der Waals surface area contributed by atoms with E-state index in [4.69, 9.17) is 0 Å². The van der Waals surface area contributed by atoms with E-state index in [-0.39, 0.29) is 4.90 Å².